The Balaban J connectivity index is 0.000000300. The van der Waals surface area contributed by atoms with Crippen molar-refractivity contribution in [2.24, 2.45) is 11.8 Å². The third kappa shape index (κ3) is 11.2. The Morgan fingerprint density at radius 2 is 1.03 bits per heavy atom. The molecular formula is C39H51N4NaO12S2. The van der Waals surface area contributed by atoms with Crippen LogP contribution in [0.25, 0.3) is 20.4 Å². The van der Waals surface area contributed by atoms with E-state index >= 15 is 0 Å². The van der Waals surface area contributed by atoms with E-state index in [-0.39, 0.29) is 76.0 Å². The maximum Gasteiger partial charge on any atom is 1.00 e. The Bertz CT molecular complexity index is 2090. The number of rotatable bonds is 6. The van der Waals surface area contributed by atoms with E-state index in [2.05, 4.69) is 0 Å². The van der Waals surface area contributed by atoms with E-state index in [9.17, 15) is 44.1 Å². The molecule has 0 radical (unpaired) electrons. The molecule has 4 aromatic rings. The number of likely N-dealkylation sites (tertiary alicyclic amines) is 2. The summed E-state index contributed by atoms with van der Waals surface area (Å²) in [7, 11) is 0. The number of ether oxygens (including phenoxy) is 2. The first-order valence-electron chi connectivity index (χ1n) is 18.5. The normalized spacial score (nSPS) is 15.2. The number of carboxylic acids is 1. The fourth-order valence-electron chi connectivity index (χ4n) is 6.96. The number of carbonyl (C=O) groups excluding carboxylic acids is 3. The van der Waals surface area contributed by atoms with Crippen LogP contribution in [0.5, 0.6) is 11.5 Å². The summed E-state index contributed by atoms with van der Waals surface area (Å²) in [5.74, 6) is -2.52. The van der Waals surface area contributed by atoms with Gasteiger partial charge in [0.05, 0.1) is 26.0 Å². The Morgan fingerprint density at radius 3 is 1.36 bits per heavy atom. The van der Waals surface area contributed by atoms with Crippen LogP contribution in [0.15, 0.2) is 32.5 Å². The van der Waals surface area contributed by atoms with Gasteiger partial charge in [-0.2, -0.15) is 0 Å². The maximum absolute atomic E-state index is 12.7. The molecule has 0 bridgehead atoms. The number of Topliss-reactive ketones (excluding diaryl/α,β-unsaturated/α-hetero) is 1. The minimum Gasteiger partial charge on any atom is -0.870 e. The molecule has 19 heteroatoms. The number of aromatic hydroxyl groups is 2. The zero-order valence-corrected chi connectivity index (χ0v) is 37.8. The number of pyridine rings is 2. The summed E-state index contributed by atoms with van der Waals surface area (Å²) in [6.45, 7) is 15.3. The summed E-state index contributed by atoms with van der Waals surface area (Å²) in [5, 5.41) is 33.3. The summed E-state index contributed by atoms with van der Waals surface area (Å²) in [6.07, 6.45) is 2.22. The number of aromatic nitrogens is 2. The number of piperidine rings is 2. The molecule has 0 spiro atoms. The minimum absolute atomic E-state index is 0. The molecule has 2 amide bonds. The van der Waals surface area contributed by atoms with Gasteiger partial charge in [-0.15, -0.1) is 22.7 Å². The third-order valence-corrected chi connectivity index (χ3v) is 11.5. The van der Waals surface area contributed by atoms with Crippen molar-refractivity contribution >= 4 is 67.0 Å². The number of hydrogen-bond acceptors (Lipinski definition) is 13. The van der Waals surface area contributed by atoms with Crippen molar-refractivity contribution < 1.29 is 79.0 Å². The second-order valence-electron chi connectivity index (χ2n) is 16.2. The zero-order valence-electron chi connectivity index (χ0n) is 34.2. The van der Waals surface area contributed by atoms with Gasteiger partial charge in [-0.1, -0.05) is 0 Å². The van der Waals surface area contributed by atoms with Crippen LogP contribution in [0.3, 0.4) is 0 Å². The summed E-state index contributed by atoms with van der Waals surface area (Å²) < 4.78 is 14.8. The van der Waals surface area contributed by atoms with Gasteiger partial charge in [-0.3, -0.25) is 14.4 Å². The van der Waals surface area contributed by atoms with E-state index in [0.29, 0.717) is 72.5 Å². The van der Waals surface area contributed by atoms with Crippen molar-refractivity contribution in [2.75, 3.05) is 26.2 Å². The molecule has 2 saturated heterocycles. The Morgan fingerprint density at radius 1 is 0.690 bits per heavy atom. The van der Waals surface area contributed by atoms with E-state index < -0.39 is 39.8 Å². The number of carboxylic acid groups (broad SMARTS) is 1. The van der Waals surface area contributed by atoms with Crippen LogP contribution >= 0.6 is 22.7 Å². The molecule has 16 nitrogen and oxygen atoms in total. The monoisotopic (exact) mass is 854 g/mol. The summed E-state index contributed by atoms with van der Waals surface area (Å²) in [6, 6.07) is 3.51. The number of thiophene rings is 2. The molecule has 0 unspecified atom stereocenters. The van der Waals surface area contributed by atoms with Crippen molar-refractivity contribution in [3.05, 3.63) is 54.7 Å². The summed E-state index contributed by atoms with van der Waals surface area (Å²) in [4.78, 5) is 76.3. The number of aromatic carboxylic acids is 1. The van der Waals surface area contributed by atoms with Crippen molar-refractivity contribution in [3.63, 3.8) is 0 Å². The molecule has 0 aliphatic carbocycles. The summed E-state index contributed by atoms with van der Waals surface area (Å²) >= 11 is 2.52. The number of ketones is 1. The van der Waals surface area contributed by atoms with Crippen molar-refractivity contribution in [1.29, 1.82) is 0 Å². The minimum atomic E-state index is -1.32. The van der Waals surface area contributed by atoms with E-state index in [0.717, 1.165) is 12.8 Å². The first-order valence-corrected chi connectivity index (χ1v) is 20.3. The second-order valence-corrected chi connectivity index (χ2v) is 18.1. The van der Waals surface area contributed by atoms with Gasteiger partial charge in [0.15, 0.2) is 17.3 Å². The fourth-order valence-corrected chi connectivity index (χ4v) is 8.88. The van der Waals surface area contributed by atoms with Gasteiger partial charge in [0.25, 0.3) is 11.1 Å². The molecular weight excluding hydrogens is 804 g/mol. The van der Waals surface area contributed by atoms with Crippen LogP contribution in [-0.2, 0) is 22.6 Å². The number of amides is 2. The Kier molecular flexibility index (Phi) is 16.2. The fraction of sp³-hybridized carbons (Fsp3) is 0.538. The standard InChI is InChI=1S/C20H26N2O5S.C19H24N2O6S.Na.H2O/c1-12(23)15-16(24)18(25)22(14-7-10-28-17(14)15)11-13-5-8-21(9-6-13)19(26)27-20(2,3)4;1-19(2,3)27-18(26)20-7-4-11(5-8-20)10-21-12-6-9-28-15(12)13(17(24)25)14(22)16(21)23;;/h7,10,13,24H,5-6,8-9,11H2,1-4H3;6,9,11,22H,4-5,7-8,10H2,1-3H3,(H,24,25);;1H2/q;;+1;/p-1. The van der Waals surface area contributed by atoms with E-state index in [1.54, 1.807) is 25.8 Å². The molecule has 4 N–H and O–H groups in total. The van der Waals surface area contributed by atoms with Crippen LogP contribution < -0.4 is 40.7 Å². The van der Waals surface area contributed by atoms with Crippen molar-refractivity contribution in [2.45, 2.75) is 98.4 Å². The van der Waals surface area contributed by atoms with Gasteiger partial charge < -0.3 is 49.2 Å². The number of hydrogen-bond donors (Lipinski definition) is 3. The average molecular weight is 855 g/mol. The van der Waals surface area contributed by atoms with Crippen LogP contribution in [0.1, 0.15) is 94.9 Å². The number of carbonyl (C=O) groups is 4. The van der Waals surface area contributed by atoms with E-state index in [4.69, 9.17) is 9.47 Å². The largest absolute Gasteiger partial charge is 1.00 e. The Labute approximate surface area is 365 Å². The van der Waals surface area contributed by atoms with Crippen LogP contribution in [0.4, 0.5) is 9.59 Å². The van der Waals surface area contributed by atoms with Crippen LogP contribution in [0.2, 0.25) is 0 Å². The molecule has 58 heavy (non-hydrogen) atoms. The van der Waals surface area contributed by atoms with Gasteiger partial charge in [0, 0.05) is 39.3 Å². The number of fused-ring (bicyclic) bond motifs is 2. The molecule has 4 aromatic heterocycles. The number of nitrogens with zero attached hydrogens (tertiary/aromatic N) is 4. The topological polar surface area (TPSA) is 228 Å². The third-order valence-electron chi connectivity index (χ3n) is 9.67. The zero-order chi connectivity index (χ0) is 41.3. The van der Waals surface area contributed by atoms with Crippen LogP contribution in [-0.4, -0.2) is 101 Å². The van der Waals surface area contributed by atoms with Crippen molar-refractivity contribution in [1.82, 2.24) is 18.9 Å². The van der Waals surface area contributed by atoms with E-state index in [1.165, 1.54) is 34.2 Å². The SMILES string of the molecule is CC(=O)c1c(O)c(=O)n(CC2CCN(C(=O)OC(C)(C)C)CC2)c2ccsc12.CC(C)(C)OC(=O)N1CCC(Cn2c(=O)c(O)c(C(=O)O)c3sccc32)CC1.[Na+].[OH-]. The second kappa shape index (κ2) is 19.4. The van der Waals surface area contributed by atoms with Gasteiger partial charge in [-0.05, 0) is 109 Å². The molecule has 6 rings (SSSR count). The van der Waals surface area contributed by atoms with Gasteiger partial charge in [0.2, 0.25) is 0 Å². The molecule has 0 saturated carbocycles. The maximum atomic E-state index is 12.7. The van der Waals surface area contributed by atoms with Gasteiger partial charge >= 0.3 is 47.7 Å². The van der Waals surface area contributed by atoms with Gasteiger partial charge in [-0.25, -0.2) is 14.4 Å². The van der Waals surface area contributed by atoms with E-state index in [1.807, 2.05) is 53.0 Å². The Hall–Kier alpha value is -3.94. The average Bonchev–Trinajstić information content (AvgIpc) is 3.78. The molecule has 0 atom stereocenters. The molecule has 2 aliphatic rings. The molecule has 2 aliphatic heterocycles. The van der Waals surface area contributed by atoms with Crippen molar-refractivity contribution in [3.8, 4) is 11.5 Å². The molecule has 312 valence electrons. The quantitative estimate of drug-likeness (QED) is 0.187. The molecule has 0 aromatic carbocycles. The summed E-state index contributed by atoms with van der Waals surface area (Å²) in [5.41, 5.74) is -1.36. The first kappa shape index (κ1) is 48.4. The van der Waals surface area contributed by atoms with Crippen LogP contribution in [0, 0.1) is 11.8 Å². The smallest absolute Gasteiger partial charge is 0.870 e. The predicted octanol–water partition coefficient (Wildman–Crippen LogP) is 3.56. The molecule has 2 fully saturated rings. The predicted molar refractivity (Wildman–Crippen MR) is 215 cm³/mol. The first-order chi connectivity index (χ1) is 26.2. The molecule has 6 heterocycles. The van der Waals surface area contributed by atoms with Gasteiger partial charge in [0.1, 0.15) is 16.8 Å².